The van der Waals surface area contributed by atoms with Crippen LogP contribution < -0.4 is 16.0 Å². The van der Waals surface area contributed by atoms with Crippen LogP contribution in [-0.2, 0) is 15.8 Å². The van der Waals surface area contributed by atoms with Gasteiger partial charge in [0.15, 0.2) is 17.5 Å². The SMILES string of the molecule is CC(C)n1c(=O)c(-c2cc(F)c(NS(=O)(=O)Cc3ccc(F)cc3)c(F)c2F)cc2cnc(N)nc21. The van der Waals surface area contributed by atoms with Crippen molar-refractivity contribution in [2.75, 3.05) is 10.5 Å². The number of nitrogens with one attached hydrogen (secondary N) is 1. The number of nitrogens with two attached hydrogens (primary N) is 1. The third kappa shape index (κ3) is 4.73. The Morgan fingerprint density at radius 1 is 1.03 bits per heavy atom. The minimum absolute atomic E-state index is 0.107. The summed E-state index contributed by atoms with van der Waals surface area (Å²) in [5, 5.41) is 0.261. The molecule has 0 fully saturated rings. The van der Waals surface area contributed by atoms with Gasteiger partial charge in [-0.1, -0.05) is 12.1 Å². The molecular formula is C23H19F4N5O3S. The molecule has 2 aromatic carbocycles. The first-order valence-corrected chi connectivity index (χ1v) is 12.1. The van der Waals surface area contributed by atoms with Crippen molar-refractivity contribution in [2.45, 2.75) is 25.6 Å². The number of nitrogen functional groups attached to an aromatic ring is 1. The Bertz CT molecular complexity index is 1660. The third-order valence-electron chi connectivity index (χ3n) is 5.28. The van der Waals surface area contributed by atoms with Crippen LogP contribution in [0.25, 0.3) is 22.2 Å². The van der Waals surface area contributed by atoms with Crippen molar-refractivity contribution in [3.8, 4) is 11.1 Å². The van der Waals surface area contributed by atoms with E-state index in [0.717, 1.165) is 12.1 Å². The van der Waals surface area contributed by atoms with Gasteiger partial charge < -0.3 is 5.73 Å². The van der Waals surface area contributed by atoms with Crippen LogP contribution in [0.3, 0.4) is 0 Å². The maximum absolute atomic E-state index is 15.1. The average molecular weight is 521 g/mol. The van der Waals surface area contributed by atoms with Crippen LogP contribution >= 0.6 is 0 Å². The van der Waals surface area contributed by atoms with Gasteiger partial charge in [0.2, 0.25) is 16.0 Å². The molecule has 0 atom stereocenters. The average Bonchev–Trinajstić information content (AvgIpc) is 2.80. The fourth-order valence-electron chi connectivity index (χ4n) is 3.68. The molecule has 2 aromatic heterocycles. The van der Waals surface area contributed by atoms with E-state index >= 15 is 4.39 Å². The summed E-state index contributed by atoms with van der Waals surface area (Å²) in [4.78, 5) is 21.0. The van der Waals surface area contributed by atoms with E-state index in [1.165, 1.54) is 29.0 Å². The van der Waals surface area contributed by atoms with E-state index in [9.17, 15) is 26.4 Å². The zero-order valence-corrected chi connectivity index (χ0v) is 19.7. The summed E-state index contributed by atoms with van der Waals surface area (Å²) in [6, 6.07) is 5.62. The van der Waals surface area contributed by atoms with Crippen LogP contribution in [0.1, 0.15) is 25.5 Å². The van der Waals surface area contributed by atoms with E-state index in [4.69, 9.17) is 5.73 Å². The molecule has 4 aromatic rings. The van der Waals surface area contributed by atoms with Crippen LogP contribution in [0.5, 0.6) is 0 Å². The quantitative estimate of drug-likeness (QED) is 0.291. The first-order valence-electron chi connectivity index (χ1n) is 10.5. The largest absolute Gasteiger partial charge is 0.368 e. The molecule has 0 aliphatic rings. The van der Waals surface area contributed by atoms with E-state index in [-0.39, 0.29) is 28.1 Å². The number of anilines is 2. The van der Waals surface area contributed by atoms with E-state index in [1.807, 2.05) is 0 Å². The Hall–Kier alpha value is -4.00. The molecule has 188 valence electrons. The highest BCUT2D eigenvalue weighted by Crippen LogP contribution is 2.32. The minimum atomic E-state index is -4.41. The van der Waals surface area contributed by atoms with Crippen molar-refractivity contribution in [3.05, 3.63) is 81.8 Å². The molecule has 8 nitrogen and oxygen atoms in total. The molecule has 13 heteroatoms. The van der Waals surface area contributed by atoms with Gasteiger partial charge in [0.05, 0.1) is 11.3 Å². The lowest BCUT2D eigenvalue weighted by Crippen LogP contribution is -2.25. The Morgan fingerprint density at radius 2 is 1.69 bits per heavy atom. The van der Waals surface area contributed by atoms with Crippen molar-refractivity contribution >= 4 is 32.7 Å². The highest BCUT2D eigenvalue weighted by Gasteiger charge is 2.26. The number of aromatic nitrogens is 3. The monoisotopic (exact) mass is 521 g/mol. The van der Waals surface area contributed by atoms with Gasteiger partial charge in [-0.3, -0.25) is 14.1 Å². The van der Waals surface area contributed by atoms with Crippen LogP contribution in [0.4, 0.5) is 29.2 Å². The summed E-state index contributed by atoms with van der Waals surface area (Å²) in [5.74, 6) is -6.38. The second-order valence-corrected chi connectivity index (χ2v) is 9.95. The number of pyridine rings is 1. The Kier molecular flexibility index (Phi) is 6.43. The molecule has 0 saturated carbocycles. The van der Waals surface area contributed by atoms with Crippen LogP contribution in [-0.4, -0.2) is 23.0 Å². The van der Waals surface area contributed by atoms with Gasteiger partial charge in [-0.15, -0.1) is 0 Å². The lowest BCUT2D eigenvalue weighted by Gasteiger charge is -2.17. The summed E-state index contributed by atoms with van der Waals surface area (Å²) in [7, 11) is -4.41. The second-order valence-electron chi connectivity index (χ2n) is 8.23. The molecule has 0 aliphatic carbocycles. The van der Waals surface area contributed by atoms with Crippen molar-refractivity contribution in [3.63, 3.8) is 0 Å². The topological polar surface area (TPSA) is 120 Å². The number of nitrogens with zero attached hydrogens (tertiary/aromatic N) is 3. The summed E-state index contributed by atoms with van der Waals surface area (Å²) in [6.45, 7) is 3.30. The van der Waals surface area contributed by atoms with Crippen molar-refractivity contribution in [1.82, 2.24) is 14.5 Å². The number of halogens is 4. The molecule has 0 spiro atoms. The van der Waals surface area contributed by atoms with E-state index in [0.29, 0.717) is 6.07 Å². The molecule has 36 heavy (non-hydrogen) atoms. The van der Waals surface area contributed by atoms with Gasteiger partial charge in [-0.25, -0.2) is 31.0 Å². The van der Waals surface area contributed by atoms with E-state index in [2.05, 4.69) is 9.97 Å². The fourth-order valence-corrected chi connectivity index (χ4v) is 4.88. The fraction of sp³-hybridized carbons (Fsp3) is 0.174. The minimum Gasteiger partial charge on any atom is -0.368 e. The van der Waals surface area contributed by atoms with Gasteiger partial charge in [0.1, 0.15) is 17.2 Å². The first-order chi connectivity index (χ1) is 16.9. The summed E-state index contributed by atoms with van der Waals surface area (Å²) >= 11 is 0. The molecule has 3 N–H and O–H groups in total. The zero-order valence-electron chi connectivity index (χ0n) is 18.9. The van der Waals surface area contributed by atoms with Gasteiger partial charge in [0.25, 0.3) is 5.56 Å². The lowest BCUT2D eigenvalue weighted by molar-refractivity contribution is 0.502. The Labute approximate surface area is 202 Å². The molecule has 0 amide bonds. The number of hydrogen-bond acceptors (Lipinski definition) is 6. The van der Waals surface area contributed by atoms with Crippen molar-refractivity contribution < 1.29 is 26.0 Å². The Balaban J connectivity index is 1.81. The zero-order chi connectivity index (χ0) is 26.4. The highest BCUT2D eigenvalue weighted by molar-refractivity contribution is 7.91. The van der Waals surface area contributed by atoms with Gasteiger partial charge in [-0.2, -0.15) is 4.98 Å². The highest BCUT2D eigenvalue weighted by atomic mass is 32.2. The Morgan fingerprint density at radius 3 is 2.33 bits per heavy atom. The predicted octanol–water partition coefficient (Wildman–Crippen LogP) is 4.12. The molecule has 4 rings (SSSR count). The molecule has 0 saturated heterocycles. The normalized spacial score (nSPS) is 11.9. The van der Waals surface area contributed by atoms with Gasteiger partial charge >= 0.3 is 0 Å². The smallest absolute Gasteiger partial charge is 0.260 e. The number of sulfonamides is 1. The van der Waals surface area contributed by atoms with Gasteiger partial charge in [0, 0.05) is 23.2 Å². The van der Waals surface area contributed by atoms with E-state index < -0.39 is 61.9 Å². The van der Waals surface area contributed by atoms with Crippen LogP contribution in [0, 0.1) is 23.3 Å². The molecule has 0 radical (unpaired) electrons. The molecular weight excluding hydrogens is 502 g/mol. The maximum Gasteiger partial charge on any atom is 0.260 e. The summed E-state index contributed by atoms with van der Waals surface area (Å²) in [6.07, 6.45) is 1.28. The number of benzene rings is 2. The lowest BCUT2D eigenvalue weighted by atomic mass is 10.0. The van der Waals surface area contributed by atoms with Crippen LogP contribution in [0.2, 0.25) is 0 Å². The maximum atomic E-state index is 15.1. The summed E-state index contributed by atoms with van der Waals surface area (Å²) < 4.78 is 85.8. The number of rotatable bonds is 6. The first kappa shape index (κ1) is 25.1. The summed E-state index contributed by atoms with van der Waals surface area (Å²) in [5.41, 5.74) is 2.74. The van der Waals surface area contributed by atoms with Gasteiger partial charge in [-0.05, 0) is 43.7 Å². The van der Waals surface area contributed by atoms with E-state index in [1.54, 1.807) is 18.6 Å². The number of fused-ring (bicyclic) bond motifs is 1. The molecule has 0 bridgehead atoms. The molecule has 2 heterocycles. The number of hydrogen-bond donors (Lipinski definition) is 2. The van der Waals surface area contributed by atoms with Crippen LogP contribution in [0.15, 0.2) is 47.4 Å². The second kappa shape index (κ2) is 9.22. The standard InChI is InChI=1S/C23H19F4N5O3S/c1-11(2)32-21-13(9-29-23(28)30-21)7-16(22(32)33)15-8-17(25)20(19(27)18(15)26)31-36(34,35)10-12-3-5-14(24)6-4-12/h3-9,11,31H,10H2,1-2H3,(H2,28,29,30). The molecule has 0 aliphatic heterocycles. The van der Waals surface area contributed by atoms with Crippen molar-refractivity contribution in [2.24, 2.45) is 0 Å². The molecule has 0 unspecified atom stereocenters. The predicted molar refractivity (Wildman–Crippen MR) is 127 cm³/mol. The van der Waals surface area contributed by atoms with Crippen molar-refractivity contribution in [1.29, 1.82) is 0 Å². The third-order valence-corrected chi connectivity index (χ3v) is 6.51.